The van der Waals surface area contributed by atoms with E-state index < -0.39 is 11.5 Å². The number of aromatic nitrogens is 2. The number of hydrogen-bond acceptors (Lipinski definition) is 4. The highest BCUT2D eigenvalue weighted by Gasteiger charge is 2.21. The minimum Gasteiger partial charge on any atom is -0.351 e. The first kappa shape index (κ1) is 17.6. The van der Waals surface area contributed by atoms with E-state index in [2.05, 4.69) is 15.3 Å². The van der Waals surface area contributed by atoms with Crippen molar-refractivity contribution >= 4 is 18.3 Å². The van der Waals surface area contributed by atoms with E-state index in [-0.39, 0.29) is 23.4 Å². The van der Waals surface area contributed by atoms with Crippen molar-refractivity contribution in [2.24, 2.45) is 5.73 Å². The Balaban J connectivity index is 0.00000324. The Labute approximate surface area is 118 Å². The van der Waals surface area contributed by atoms with Crippen LogP contribution in [0.3, 0.4) is 0 Å². The third kappa shape index (κ3) is 4.33. The lowest BCUT2D eigenvalue weighted by Crippen LogP contribution is -2.35. The molecule has 0 aliphatic carbocycles. The first-order chi connectivity index (χ1) is 8.27. The molecule has 1 heterocycles. The molecule has 0 radical (unpaired) electrons. The van der Waals surface area contributed by atoms with E-state index in [4.69, 9.17) is 5.73 Å². The van der Waals surface area contributed by atoms with Crippen LogP contribution in [0.2, 0.25) is 0 Å². The van der Waals surface area contributed by atoms with E-state index in [1.165, 1.54) is 0 Å². The van der Waals surface area contributed by atoms with Crippen molar-refractivity contribution in [3.8, 4) is 0 Å². The fourth-order valence-electron chi connectivity index (χ4n) is 1.48. The molecule has 0 aromatic carbocycles. The number of rotatable bonds is 3. The van der Waals surface area contributed by atoms with Crippen molar-refractivity contribution in [1.82, 2.24) is 15.3 Å². The van der Waals surface area contributed by atoms with Gasteiger partial charge in [0.15, 0.2) is 0 Å². The Kier molecular flexibility index (Phi) is 6.18. The lowest BCUT2D eigenvalue weighted by Gasteiger charge is -2.18. The van der Waals surface area contributed by atoms with Crippen LogP contribution in [0.15, 0.2) is 4.79 Å². The number of hydrogen-bond donors (Lipinski definition) is 3. The van der Waals surface area contributed by atoms with Gasteiger partial charge in [0.1, 0.15) is 11.4 Å². The van der Waals surface area contributed by atoms with Gasteiger partial charge in [0.05, 0.1) is 5.69 Å². The number of nitrogens with zero attached hydrogens (tertiary/aromatic N) is 1. The fraction of sp³-hybridized carbons (Fsp3) is 0.583. The van der Waals surface area contributed by atoms with E-state index in [1.54, 1.807) is 6.92 Å². The van der Waals surface area contributed by atoms with Crippen molar-refractivity contribution in [2.75, 3.05) is 13.1 Å². The van der Waals surface area contributed by atoms with Crippen molar-refractivity contribution in [3.63, 3.8) is 0 Å². The summed E-state index contributed by atoms with van der Waals surface area (Å²) in [7, 11) is 0. The van der Waals surface area contributed by atoms with E-state index >= 15 is 0 Å². The van der Waals surface area contributed by atoms with Gasteiger partial charge in [-0.25, -0.2) is 4.98 Å². The number of aromatic amines is 1. The van der Waals surface area contributed by atoms with E-state index in [0.717, 1.165) is 0 Å². The molecule has 0 atom stereocenters. The van der Waals surface area contributed by atoms with Crippen LogP contribution in [0.4, 0.5) is 0 Å². The summed E-state index contributed by atoms with van der Waals surface area (Å²) in [5.74, 6) is 0.132. The molecular weight excluding hydrogens is 268 g/mol. The number of halogens is 1. The monoisotopic (exact) mass is 288 g/mol. The van der Waals surface area contributed by atoms with Gasteiger partial charge in [0.25, 0.3) is 11.5 Å². The molecular formula is C12H21ClN4O2. The molecule has 4 N–H and O–H groups in total. The average molecular weight is 289 g/mol. The third-order valence-electron chi connectivity index (χ3n) is 2.47. The van der Waals surface area contributed by atoms with Gasteiger partial charge in [-0.3, -0.25) is 9.59 Å². The van der Waals surface area contributed by atoms with Crippen LogP contribution >= 0.6 is 12.4 Å². The molecule has 0 aliphatic heterocycles. The van der Waals surface area contributed by atoms with Gasteiger partial charge in [-0.05, 0) is 6.92 Å². The van der Waals surface area contributed by atoms with Gasteiger partial charge in [0.2, 0.25) is 0 Å². The maximum Gasteiger partial charge on any atom is 0.264 e. The molecule has 0 saturated carbocycles. The number of amides is 1. The molecule has 0 fully saturated rings. The highest BCUT2D eigenvalue weighted by Crippen LogP contribution is 2.17. The van der Waals surface area contributed by atoms with Gasteiger partial charge in [0, 0.05) is 18.5 Å². The zero-order valence-corrected chi connectivity index (χ0v) is 12.5. The summed E-state index contributed by atoms with van der Waals surface area (Å²) < 4.78 is 0. The van der Waals surface area contributed by atoms with Crippen LogP contribution in [0.5, 0.6) is 0 Å². The first-order valence-corrected chi connectivity index (χ1v) is 5.87. The van der Waals surface area contributed by atoms with Gasteiger partial charge in [-0.15, -0.1) is 12.4 Å². The first-order valence-electron chi connectivity index (χ1n) is 5.87. The molecule has 7 heteroatoms. The third-order valence-corrected chi connectivity index (χ3v) is 2.47. The van der Waals surface area contributed by atoms with Crippen molar-refractivity contribution in [1.29, 1.82) is 0 Å². The standard InChI is InChI=1S/C12H20N4O2.ClH/c1-7-8(9(17)14-6-5-13)10(18)16-11(15-7)12(2,3)4;/h5-6,13H2,1-4H3,(H,14,17)(H,15,16,18);1H. The molecule has 108 valence electrons. The summed E-state index contributed by atoms with van der Waals surface area (Å²) in [4.78, 5) is 30.6. The second kappa shape index (κ2) is 6.68. The topological polar surface area (TPSA) is 101 Å². The molecule has 1 aromatic heterocycles. The normalized spacial score (nSPS) is 10.8. The summed E-state index contributed by atoms with van der Waals surface area (Å²) in [6.07, 6.45) is 0. The maximum atomic E-state index is 11.9. The second-order valence-electron chi connectivity index (χ2n) is 5.17. The smallest absolute Gasteiger partial charge is 0.264 e. The second-order valence-corrected chi connectivity index (χ2v) is 5.17. The van der Waals surface area contributed by atoms with Crippen molar-refractivity contribution in [2.45, 2.75) is 33.1 Å². The minimum atomic E-state index is -0.438. The number of nitrogens with one attached hydrogen (secondary N) is 2. The van der Waals surface area contributed by atoms with E-state index in [9.17, 15) is 9.59 Å². The van der Waals surface area contributed by atoms with Crippen LogP contribution in [0, 0.1) is 6.92 Å². The SMILES string of the molecule is Cc1nc(C(C)(C)C)[nH]c(=O)c1C(=O)NCCN.Cl. The summed E-state index contributed by atoms with van der Waals surface area (Å²) in [6.45, 7) is 8.15. The number of carbonyl (C=O) groups excluding carboxylic acids is 1. The Morgan fingerprint density at radius 3 is 2.42 bits per heavy atom. The van der Waals surface area contributed by atoms with Crippen LogP contribution in [0.25, 0.3) is 0 Å². The zero-order chi connectivity index (χ0) is 13.9. The molecule has 1 rings (SSSR count). The average Bonchev–Trinajstić information content (AvgIpc) is 2.24. The van der Waals surface area contributed by atoms with Crippen LogP contribution < -0.4 is 16.6 Å². The number of aryl methyl sites for hydroxylation is 1. The van der Waals surface area contributed by atoms with Gasteiger partial charge in [-0.1, -0.05) is 20.8 Å². The van der Waals surface area contributed by atoms with Crippen LogP contribution in [0.1, 0.15) is 42.6 Å². The molecule has 19 heavy (non-hydrogen) atoms. The highest BCUT2D eigenvalue weighted by atomic mass is 35.5. The summed E-state index contributed by atoms with van der Waals surface area (Å²) >= 11 is 0. The fourth-order valence-corrected chi connectivity index (χ4v) is 1.48. The molecule has 1 amide bonds. The lowest BCUT2D eigenvalue weighted by molar-refractivity contribution is 0.0952. The Bertz CT molecular complexity index is 505. The van der Waals surface area contributed by atoms with Crippen molar-refractivity contribution < 1.29 is 4.79 Å². The predicted octanol–water partition coefficient (Wildman–Crippen LogP) is 0.486. The Hall–Kier alpha value is -1.40. The predicted molar refractivity (Wildman–Crippen MR) is 76.9 cm³/mol. The van der Waals surface area contributed by atoms with Crippen molar-refractivity contribution in [3.05, 3.63) is 27.4 Å². The van der Waals surface area contributed by atoms with Gasteiger partial charge < -0.3 is 16.0 Å². The van der Waals surface area contributed by atoms with E-state index in [1.807, 2.05) is 20.8 Å². The van der Waals surface area contributed by atoms with Crippen LogP contribution in [-0.2, 0) is 5.41 Å². The zero-order valence-electron chi connectivity index (χ0n) is 11.7. The Morgan fingerprint density at radius 2 is 2.00 bits per heavy atom. The number of carbonyl (C=O) groups is 1. The highest BCUT2D eigenvalue weighted by molar-refractivity contribution is 5.94. The maximum absolute atomic E-state index is 11.9. The van der Waals surface area contributed by atoms with Gasteiger partial charge >= 0.3 is 0 Å². The van der Waals surface area contributed by atoms with Gasteiger partial charge in [-0.2, -0.15) is 0 Å². The molecule has 0 aliphatic rings. The number of nitrogens with two attached hydrogens (primary N) is 1. The van der Waals surface area contributed by atoms with E-state index in [0.29, 0.717) is 24.6 Å². The molecule has 0 unspecified atom stereocenters. The molecule has 0 spiro atoms. The molecule has 1 aromatic rings. The lowest BCUT2D eigenvalue weighted by atomic mass is 9.95. The minimum absolute atomic E-state index is 0. The summed E-state index contributed by atoms with van der Waals surface area (Å²) in [6, 6.07) is 0. The summed E-state index contributed by atoms with van der Waals surface area (Å²) in [5.41, 5.74) is 5.09. The quantitative estimate of drug-likeness (QED) is 0.753. The number of H-pyrrole nitrogens is 1. The molecule has 6 nitrogen and oxygen atoms in total. The molecule has 0 bridgehead atoms. The molecule has 0 saturated heterocycles. The largest absolute Gasteiger partial charge is 0.351 e. The summed E-state index contributed by atoms with van der Waals surface area (Å²) in [5, 5.41) is 2.56. The van der Waals surface area contributed by atoms with Crippen LogP contribution in [-0.4, -0.2) is 29.0 Å². The Morgan fingerprint density at radius 1 is 1.42 bits per heavy atom.